The van der Waals surface area contributed by atoms with Crippen molar-refractivity contribution in [2.45, 2.75) is 38.3 Å². The van der Waals surface area contributed by atoms with Crippen molar-refractivity contribution in [3.63, 3.8) is 0 Å². The zero-order chi connectivity index (χ0) is 15.9. The third kappa shape index (κ3) is 2.46. The van der Waals surface area contributed by atoms with Gasteiger partial charge < -0.3 is 4.98 Å². The van der Waals surface area contributed by atoms with Crippen LogP contribution >= 0.6 is 0 Å². The maximum Gasteiger partial charge on any atom is 0.0457 e. The summed E-state index contributed by atoms with van der Waals surface area (Å²) in [4.78, 5) is 6.10. The molecule has 2 bridgehead atoms. The quantitative estimate of drug-likeness (QED) is 0.735. The maximum atomic E-state index is 3.35. The number of rotatable bonds is 2. The summed E-state index contributed by atoms with van der Waals surface area (Å²) in [5, 5.41) is 1.39. The molecule has 3 heterocycles. The Morgan fingerprint density at radius 2 is 1.79 bits per heavy atom. The van der Waals surface area contributed by atoms with Gasteiger partial charge in [-0.1, -0.05) is 36.4 Å². The lowest BCUT2D eigenvalue weighted by Crippen LogP contribution is -2.46. The number of H-pyrrole nitrogens is 1. The van der Waals surface area contributed by atoms with E-state index in [1.54, 1.807) is 11.1 Å². The van der Waals surface area contributed by atoms with Gasteiger partial charge in [-0.25, -0.2) is 0 Å². The van der Waals surface area contributed by atoms with E-state index in [0.717, 1.165) is 12.5 Å². The summed E-state index contributed by atoms with van der Waals surface area (Å²) in [6.45, 7) is 2.33. The lowest BCUT2D eigenvalue weighted by atomic mass is 9.80. The van der Waals surface area contributed by atoms with E-state index >= 15 is 0 Å². The molecule has 3 aromatic rings. The van der Waals surface area contributed by atoms with Gasteiger partial charge in [-0.15, -0.1) is 0 Å². The van der Waals surface area contributed by atoms with Gasteiger partial charge >= 0.3 is 0 Å². The van der Waals surface area contributed by atoms with Gasteiger partial charge in [0.25, 0.3) is 0 Å². The Morgan fingerprint density at radius 1 is 0.917 bits per heavy atom. The summed E-state index contributed by atoms with van der Waals surface area (Å²) in [7, 11) is 0. The van der Waals surface area contributed by atoms with E-state index in [4.69, 9.17) is 0 Å². The van der Waals surface area contributed by atoms with E-state index in [2.05, 4.69) is 64.6 Å². The van der Waals surface area contributed by atoms with Gasteiger partial charge in [0.05, 0.1) is 0 Å². The number of hydrogen-bond acceptors (Lipinski definition) is 1. The number of fused-ring (bicyclic) bond motifs is 3. The van der Waals surface area contributed by atoms with Gasteiger partial charge in [0.2, 0.25) is 0 Å². The molecular weight excluding hydrogens is 292 g/mol. The molecule has 3 aliphatic rings. The minimum absolute atomic E-state index is 0.692. The van der Waals surface area contributed by atoms with Crippen LogP contribution < -0.4 is 0 Å². The van der Waals surface area contributed by atoms with Crippen LogP contribution in [0, 0.1) is 5.92 Å². The van der Waals surface area contributed by atoms with Crippen molar-refractivity contribution in [1.82, 2.24) is 9.88 Å². The summed E-state index contributed by atoms with van der Waals surface area (Å²) < 4.78 is 0. The van der Waals surface area contributed by atoms with E-state index in [-0.39, 0.29) is 0 Å². The van der Waals surface area contributed by atoms with Crippen LogP contribution in [0.3, 0.4) is 0 Å². The molecule has 0 spiro atoms. The Balaban J connectivity index is 1.46. The molecule has 0 unspecified atom stereocenters. The molecule has 24 heavy (non-hydrogen) atoms. The van der Waals surface area contributed by atoms with Gasteiger partial charge in [0.15, 0.2) is 0 Å². The van der Waals surface area contributed by atoms with Crippen molar-refractivity contribution in [3.05, 3.63) is 71.4 Å². The van der Waals surface area contributed by atoms with E-state index in [1.165, 1.54) is 48.7 Å². The predicted molar refractivity (Wildman–Crippen MR) is 99.1 cm³/mol. The molecule has 0 amide bonds. The Hall–Kier alpha value is -2.06. The fourth-order valence-corrected chi connectivity index (χ4v) is 4.80. The number of aromatic amines is 1. The topological polar surface area (TPSA) is 19.0 Å². The Bertz CT molecular complexity index is 863. The highest BCUT2D eigenvalue weighted by atomic mass is 15.2. The number of piperidine rings is 1. The number of aromatic nitrogens is 1. The largest absolute Gasteiger partial charge is 0.361 e. The van der Waals surface area contributed by atoms with Gasteiger partial charge in [-0.2, -0.15) is 0 Å². The second kappa shape index (κ2) is 5.78. The average molecular weight is 316 g/mol. The Morgan fingerprint density at radius 3 is 2.71 bits per heavy atom. The summed E-state index contributed by atoms with van der Waals surface area (Å²) >= 11 is 0. The normalized spacial score (nSPS) is 23.8. The first-order valence-electron chi connectivity index (χ1n) is 9.22. The minimum atomic E-state index is 0.692. The van der Waals surface area contributed by atoms with Crippen LogP contribution in [0.1, 0.15) is 29.5 Å². The summed E-state index contributed by atoms with van der Waals surface area (Å²) in [5.74, 6) is 0.813. The monoisotopic (exact) mass is 316 g/mol. The lowest BCUT2D eigenvalue weighted by Gasteiger charge is -2.42. The highest BCUT2D eigenvalue weighted by Gasteiger charge is 2.31. The van der Waals surface area contributed by atoms with E-state index in [9.17, 15) is 0 Å². The number of nitrogens with one attached hydrogen (secondary N) is 1. The minimum Gasteiger partial charge on any atom is -0.361 e. The van der Waals surface area contributed by atoms with Crippen LogP contribution in [0.2, 0.25) is 0 Å². The second-order valence-electron chi connectivity index (χ2n) is 7.56. The molecule has 1 aliphatic carbocycles. The Kier molecular flexibility index (Phi) is 3.45. The van der Waals surface area contributed by atoms with Crippen molar-refractivity contribution < 1.29 is 0 Å². The van der Waals surface area contributed by atoms with Gasteiger partial charge in [0, 0.05) is 36.2 Å². The number of benzene rings is 2. The Labute approximate surface area is 143 Å². The molecule has 2 atom stereocenters. The highest BCUT2D eigenvalue weighted by molar-refractivity contribution is 5.82. The molecule has 0 saturated carbocycles. The molecule has 2 aromatic carbocycles. The molecule has 1 fully saturated rings. The fourth-order valence-electron chi connectivity index (χ4n) is 4.80. The SMILES string of the molecule is c1ccc2c(c1)C[C@@H]1CC[C@H](C2)N(Cc2cccc3[nH]ccc23)C1. The molecule has 2 nitrogen and oxygen atoms in total. The fraction of sp³-hybridized carbons (Fsp3) is 0.364. The standard InChI is InChI=1S/C22H24N2/c1-2-5-18-13-20-9-8-16(12-17(18)4-1)14-24(20)15-19-6-3-7-22-21(19)10-11-23-22/h1-7,10-11,16,20,23H,8-9,12-15H2/t16-,20+/m0/s1. The first-order valence-corrected chi connectivity index (χ1v) is 9.22. The van der Waals surface area contributed by atoms with Gasteiger partial charge in [-0.05, 0) is 60.4 Å². The van der Waals surface area contributed by atoms with E-state index in [1.807, 2.05) is 0 Å². The third-order valence-electron chi connectivity index (χ3n) is 6.06. The second-order valence-corrected chi connectivity index (χ2v) is 7.56. The van der Waals surface area contributed by atoms with Crippen LogP contribution in [-0.2, 0) is 19.4 Å². The first kappa shape index (κ1) is 14.3. The van der Waals surface area contributed by atoms with Crippen LogP contribution in [0.15, 0.2) is 54.7 Å². The summed E-state index contributed by atoms with van der Waals surface area (Å²) in [5.41, 5.74) is 5.90. The molecule has 2 aliphatic heterocycles. The third-order valence-corrected chi connectivity index (χ3v) is 6.06. The smallest absolute Gasteiger partial charge is 0.0457 e. The van der Waals surface area contributed by atoms with Gasteiger partial charge in [0.1, 0.15) is 0 Å². The molecule has 0 radical (unpaired) electrons. The molecular formula is C22H24N2. The highest BCUT2D eigenvalue weighted by Crippen LogP contribution is 2.33. The van der Waals surface area contributed by atoms with Crippen molar-refractivity contribution >= 4 is 10.9 Å². The van der Waals surface area contributed by atoms with E-state index < -0.39 is 0 Å². The van der Waals surface area contributed by atoms with E-state index in [0.29, 0.717) is 6.04 Å². The summed E-state index contributed by atoms with van der Waals surface area (Å²) in [6, 6.07) is 18.7. The zero-order valence-corrected chi connectivity index (χ0v) is 14.0. The average Bonchev–Trinajstić information content (AvgIpc) is 3.05. The number of nitrogens with zero attached hydrogens (tertiary/aromatic N) is 1. The van der Waals surface area contributed by atoms with Crippen LogP contribution in [0.5, 0.6) is 0 Å². The van der Waals surface area contributed by atoms with Crippen molar-refractivity contribution in [3.8, 4) is 0 Å². The molecule has 2 heteroatoms. The summed E-state index contributed by atoms with van der Waals surface area (Å²) in [6.07, 6.45) is 7.27. The number of hydrogen-bond donors (Lipinski definition) is 1. The van der Waals surface area contributed by atoms with Crippen LogP contribution in [-0.4, -0.2) is 22.5 Å². The van der Waals surface area contributed by atoms with Gasteiger partial charge in [-0.3, -0.25) is 4.90 Å². The van der Waals surface area contributed by atoms with Crippen molar-refractivity contribution in [1.29, 1.82) is 0 Å². The molecule has 1 saturated heterocycles. The van der Waals surface area contributed by atoms with Crippen LogP contribution in [0.25, 0.3) is 10.9 Å². The predicted octanol–water partition coefficient (Wildman–Crippen LogP) is 4.55. The molecule has 1 aromatic heterocycles. The zero-order valence-electron chi connectivity index (χ0n) is 14.0. The lowest BCUT2D eigenvalue weighted by molar-refractivity contribution is 0.0942. The van der Waals surface area contributed by atoms with Crippen molar-refractivity contribution in [2.75, 3.05) is 6.54 Å². The molecule has 122 valence electrons. The first-order chi connectivity index (χ1) is 11.9. The van der Waals surface area contributed by atoms with Crippen LogP contribution in [0.4, 0.5) is 0 Å². The van der Waals surface area contributed by atoms with Crippen molar-refractivity contribution in [2.24, 2.45) is 5.92 Å². The molecule has 1 N–H and O–H groups in total. The maximum absolute atomic E-state index is 3.35. The molecule has 6 rings (SSSR count).